The number of hydrogen-bond acceptors (Lipinski definition) is 3. The van der Waals surface area contributed by atoms with Crippen molar-refractivity contribution in [2.45, 2.75) is 64.6 Å². The summed E-state index contributed by atoms with van der Waals surface area (Å²) in [6.07, 6.45) is 4.66. The first-order valence-corrected chi connectivity index (χ1v) is 7.11. The first-order valence-electron chi connectivity index (χ1n) is 7.11. The van der Waals surface area contributed by atoms with Gasteiger partial charge in [-0.05, 0) is 38.5 Å². The van der Waals surface area contributed by atoms with E-state index in [2.05, 4.69) is 24.5 Å². The third-order valence-electron chi connectivity index (χ3n) is 3.63. The Hall–Kier alpha value is -0.610. The molecule has 4 nitrogen and oxygen atoms in total. The van der Waals surface area contributed by atoms with Gasteiger partial charge in [-0.2, -0.15) is 0 Å². The fourth-order valence-corrected chi connectivity index (χ4v) is 2.43. The van der Waals surface area contributed by atoms with Crippen LogP contribution in [-0.4, -0.2) is 37.7 Å². The van der Waals surface area contributed by atoms with E-state index in [9.17, 15) is 4.79 Å². The zero-order chi connectivity index (χ0) is 13.5. The summed E-state index contributed by atoms with van der Waals surface area (Å²) in [6, 6.07) is 0.179. The number of hydrogen-bond donors (Lipinski definition) is 2. The third-order valence-corrected chi connectivity index (χ3v) is 3.63. The van der Waals surface area contributed by atoms with Gasteiger partial charge in [0.05, 0.1) is 12.1 Å². The van der Waals surface area contributed by atoms with E-state index in [0.29, 0.717) is 12.0 Å². The van der Waals surface area contributed by atoms with E-state index in [4.69, 9.17) is 4.74 Å². The Balaban J connectivity index is 2.26. The van der Waals surface area contributed by atoms with Gasteiger partial charge in [-0.3, -0.25) is 4.79 Å². The molecule has 18 heavy (non-hydrogen) atoms. The van der Waals surface area contributed by atoms with Crippen LogP contribution in [0.4, 0.5) is 0 Å². The van der Waals surface area contributed by atoms with Gasteiger partial charge in [0, 0.05) is 19.7 Å². The molecular weight excluding hydrogens is 228 g/mol. The maximum absolute atomic E-state index is 11.9. The number of rotatable bonds is 7. The SMILES string of the molecule is COC1CCCC1NC(C)C(=O)NCCC(C)C. The molecular formula is C14H28N2O2. The molecule has 1 rings (SSSR count). The lowest BCUT2D eigenvalue weighted by atomic mass is 10.1. The maximum Gasteiger partial charge on any atom is 0.236 e. The van der Waals surface area contributed by atoms with Crippen molar-refractivity contribution in [3.63, 3.8) is 0 Å². The van der Waals surface area contributed by atoms with E-state index in [1.807, 2.05) is 6.92 Å². The quantitative estimate of drug-likeness (QED) is 0.729. The second-order valence-electron chi connectivity index (χ2n) is 5.67. The average Bonchev–Trinajstić information content (AvgIpc) is 2.75. The van der Waals surface area contributed by atoms with E-state index in [1.54, 1.807) is 7.11 Å². The Morgan fingerprint density at radius 3 is 2.67 bits per heavy atom. The lowest BCUT2D eigenvalue weighted by molar-refractivity contribution is -0.123. The first-order chi connectivity index (χ1) is 8.54. The van der Waals surface area contributed by atoms with Crippen molar-refractivity contribution in [1.29, 1.82) is 0 Å². The molecule has 0 spiro atoms. The van der Waals surface area contributed by atoms with Crippen molar-refractivity contribution in [2.24, 2.45) is 5.92 Å². The minimum atomic E-state index is -0.141. The van der Waals surface area contributed by atoms with Crippen LogP contribution in [0.3, 0.4) is 0 Å². The molecule has 0 aromatic carbocycles. The Kier molecular flexibility index (Phi) is 6.65. The van der Waals surface area contributed by atoms with Gasteiger partial charge in [0.2, 0.25) is 5.91 Å². The molecule has 1 fully saturated rings. The van der Waals surface area contributed by atoms with Crippen molar-refractivity contribution in [3.05, 3.63) is 0 Å². The fraction of sp³-hybridized carbons (Fsp3) is 0.929. The predicted octanol–water partition coefficient (Wildman–Crippen LogP) is 1.69. The van der Waals surface area contributed by atoms with Gasteiger partial charge in [-0.1, -0.05) is 13.8 Å². The zero-order valence-corrected chi connectivity index (χ0v) is 12.2. The Bertz CT molecular complexity index is 256. The molecule has 0 aliphatic heterocycles. The predicted molar refractivity (Wildman–Crippen MR) is 73.5 cm³/mol. The molecule has 1 aliphatic carbocycles. The Morgan fingerprint density at radius 2 is 2.06 bits per heavy atom. The highest BCUT2D eigenvalue weighted by molar-refractivity contribution is 5.81. The largest absolute Gasteiger partial charge is 0.380 e. The summed E-state index contributed by atoms with van der Waals surface area (Å²) in [4.78, 5) is 11.9. The lowest BCUT2D eigenvalue weighted by Crippen LogP contribution is -2.49. The summed E-state index contributed by atoms with van der Waals surface area (Å²) in [5.41, 5.74) is 0. The molecule has 3 atom stereocenters. The van der Waals surface area contributed by atoms with E-state index in [-0.39, 0.29) is 18.1 Å². The van der Waals surface area contributed by atoms with Crippen LogP contribution in [0, 0.1) is 5.92 Å². The number of carbonyl (C=O) groups is 1. The van der Waals surface area contributed by atoms with Crippen LogP contribution in [-0.2, 0) is 9.53 Å². The van der Waals surface area contributed by atoms with Crippen LogP contribution < -0.4 is 10.6 Å². The summed E-state index contributed by atoms with van der Waals surface area (Å²) in [5.74, 6) is 0.721. The molecule has 1 saturated carbocycles. The molecule has 1 aliphatic rings. The molecule has 4 heteroatoms. The second-order valence-corrected chi connectivity index (χ2v) is 5.67. The summed E-state index contributed by atoms with van der Waals surface area (Å²) in [6.45, 7) is 7.02. The molecule has 0 aromatic rings. The molecule has 0 saturated heterocycles. The fourth-order valence-electron chi connectivity index (χ4n) is 2.43. The van der Waals surface area contributed by atoms with Gasteiger partial charge in [0.15, 0.2) is 0 Å². The highest BCUT2D eigenvalue weighted by atomic mass is 16.5. The molecule has 0 bridgehead atoms. The van der Waals surface area contributed by atoms with Gasteiger partial charge in [0.25, 0.3) is 0 Å². The molecule has 0 radical (unpaired) electrons. The topological polar surface area (TPSA) is 50.4 Å². The molecule has 3 unspecified atom stereocenters. The first kappa shape index (κ1) is 15.4. The second kappa shape index (κ2) is 7.74. The number of amides is 1. The van der Waals surface area contributed by atoms with Crippen LogP contribution in [0.5, 0.6) is 0 Å². The van der Waals surface area contributed by atoms with E-state index in [1.165, 1.54) is 6.42 Å². The molecule has 106 valence electrons. The Morgan fingerprint density at radius 1 is 1.33 bits per heavy atom. The summed E-state index contributed by atoms with van der Waals surface area (Å²) in [7, 11) is 1.75. The van der Waals surface area contributed by atoms with E-state index >= 15 is 0 Å². The van der Waals surface area contributed by atoms with Gasteiger partial charge in [0.1, 0.15) is 0 Å². The van der Waals surface area contributed by atoms with Crippen LogP contribution in [0.25, 0.3) is 0 Å². The lowest BCUT2D eigenvalue weighted by Gasteiger charge is -2.23. The monoisotopic (exact) mass is 256 g/mol. The van der Waals surface area contributed by atoms with Crippen LogP contribution >= 0.6 is 0 Å². The minimum Gasteiger partial charge on any atom is -0.380 e. The highest BCUT2D eigenvalue weighted by Gasteiger charge is 2.29. The van der Waals surface area contributed by atoms with Crippen molar-refractivity contribution in [1.82, 2.24) is 10.6 Å². The van der Waals surface area contributed by atoms with Crippen molar-refractivity contribution < 1.29 is 9.53 Å². The van der Waals surface area contributed by atoms with Crippen molar-refractivity contribution >= 4 is 5.91 Å². The third kappa shape index (κ3) is 4.94. The van der Waals surface area contributed by atoms with Gasteiger partial charge < -0.3 is 15.4 Å². The number of nitrogens with one attached hydrogen (secondary N) is 2. The van der Waals surface area contributed by atoms with Gasteiger partial charge in [-0.15, -0.1) is 0 Å². The summed E-state index contributed by atoms with van der Waals surface area (Å²) in [5, 5.41) is 6.36. The highest BCUT2D eigenvalue weighted by Crippen LogP contribution is 2.21. The van der Waals surface area contributed by atoms with E-state index < -0.39 is 0 Å². The average molecular weight is 256 g/mol. The number of ether oxygens (including phenoxy) is 1. The zero-order valence-electron chi connectivity index (χ0n) is 12.2. The normalized spacial score (nSPS) is 25.4. The molecule has 0 aromatic heterocycles. The van der Waals surface area contributed by atoms with Crippen molar-refractivity contribution in [3.8, 4) is 0 Å². The smallest absolute Gasteiger partial charge is 0.236 e. The van der Waals surface area contributed by atoms with Crippen LogP contribution in [0.1, 0.15) is 46.5 Å². The maximum atomic E-state index is 11.9. The van der Waals surface area contributed by atoms with Crippen molar-refractivity contribution in [2.75, 3.05) is 13.7 Å². The Labute approximate surface area is 111 Å². The molecule has 0 heterocycles. The minimum absolute atomic E-state index is 0.0948. The standard InChI is InChI=1S/C14H28N2O2/c1-10(2)8-9-15-14(17)11(3)16-12-6-5-7-13(12)18-4/h10-13,16H,5-9H2,1-4H3,(H,15,17). The number of methoxy groups -OCH3 is 1. The number of carbonyl (C=O) groups excluding carboxylic acids is 1. The van der Waals surface area contributed by atoms with Crippen LogP contribution in [0.15, 0.2) is 0 Å². The van der Waals surface area contributed by atoms with Gasteiger partial charge in [-0.25, -0.2) is 0 Å². The molecule has 2 N–H and O–H groups in total. The van der Waals surface area contributed by atoms with Crippen LogP contribution in [0.2, 0.25) is 0 Å². The molecule has 1 amide bonds. The summed E-state index contributed by atoms with van der Waals surface area (Å²) < 4.78 is 5.42. The van der Waals surface area contributed by atoms with E-state index in [0.717, 1.165) is 25.8 Å². The summed E-state index contributed by atoms with van der Waals surface area (Å²) >= 11 is 0. The van der Waals surface area contributed by atoms with Gasteiger partial charge >= 0.3 is 0 Å².